The largest absolute Gasteiger partial charge is 0.399 e. The monoisotopic (exact) mass is 315 g/mol. The third-order valence-electron chi connectivity index (χ3n) is 2.52. The first kappa shape index (κ1) is 17.6. The molecule has 1 aromatic carbocycles. The molecule has 1 atom stereocenters. The first-order chi connectivity index (χ1) is 10.0. The normalized spacial score (nSPS) is 13.4. The van der Waals surface area contributed by atoms with Crippen molar-refractivity contribution in [3.8, 4) is 0 Å². The van der Waals surface area contributed by atoms with E-state index < -0.39 is 16.2 Å². The Morgan fingerprint density at radius 1 is 1.29 bits per heavy atom. The van der Waals surface area contributed by atoms with Crippen molar-refractivity contribution in [2.75, 3.05) is 20.0 Å². The predicted octanol–water partition coefficient (Wildman–Crippen LogP) is 1.96. The van der Waals surface area contributed by atoms with Crippen LogP contribution in [0.2, 0.25) is 0 Å². The molecule has 118 valence electrons. The van der Waals surface area contributed by atoms with E-state index in [1.165, 1.54) is 7.11 Å². The van der Waals surface area contributed by atoms with Gasteiger partial charge in [-0.25, -0.2) is 0 Å². The Morgan fingerprint density at radius 2 is 2.00 bits per heavy atom. The minimum atomic E-state index is -3.52. The Hall–Kier alpha value is -1.44. The van der Waals surface area contributed by atoms with E-state index in [2.05, 4.69) is 9.99 Å². The molecule has 0 amide bonds. The summed E-state index contributed by atoms with van der Waals surface area (Å²) >= 11 is 0. The lowest BCUT2D eigenvalue weighted by molar-refractivity contribution is 0.0417. The summed E-state index contributed by atoms with van der Waals surface area (Å²) in [5.74, 6) is 0. The van der Waals surface area contributed by atoms with Crippen LogP contribution < -0.4 is 0 Å². The molecule has 0 aliphatic heterocycles. The lowest BCUT2D eigenvalue weighted by Gasteiger charge is -2.15. The summed E-state index contributed by atoms with van der Waals surface area (Å²) in [4.78, 5) is 4.54. The van der Waals surface area contributed by atoms with Crippen LogP contribution in [0.5, 0.6) is 0 Å². The van der Waals surface area contributed by atoms with Crippen LogP contribution in [0.25, 0.3) is 0 Å². The zero-order valence-electron chi connectivity index (χ0n) is 12.3. The van der Waals surface area contributed by atoms with E-state index in [9.17, 15) is 8.42 Å². The number of hydrogen-bond donors (Lipinski definition) is 0. The van der Waals surface area contributed by atoms with Crippen LogP contribution in [-0.2, 0) is 30.5 Å². The lowest BCUT2D eigenvalue weighted by Crippen LogP contribution is -2.23. The molecule has 0 N–H and O–H groups in total. The standard InChI is InChI=1S/C14H21NO5S/c1-18-15-10-6-9-14(20-21(2,16)17)12-19-11-13-7-4-3-5-8-13/h3-5,7-8,10,14H,6,9,11-12H2,1-2H3. The molecule has 0 aliphatic rings. The van der Waals surface area contributed by atoms with Gasteiger partial charge in [0.2, 0.25) is 0 Å². The molecule has 1 unspecified atom stereocenters. The zero-order chi connectivity index (χ0) is 15.6. The number of oxime groups is 1. The molecule has 6 nitrogen and oxygen atoms in total. The Labute approximate surface area is 125 Å². The Balaban J connectivity index is 2.42. The molecule has 21 heavy (non-hydrogen) atoms. The minimum absolute atomic E-state index is 0.197. The van der Waals surface area contributed by atoms with Crippen molar-refractivity contribution in [1.29, 1.82) is 0 Å². The highest BCUT2D eigenvalue weighted by Crippen LogP contribution is 2.08. The van der Waals surface area contributed by atoms with Crippen molar-refractivity contribution < 1.29 is 22.2 Å². The number of benzene rings is 1. The lowest BCUT2D eigenvalue weighted by atomic mass is 10.2. The average Bonchev–Trinajstić information content (AvgIpc) is 2.43. The van der Waals surface area contributed by atoms with Gasteiger partial charge in [0.05, 0.1) is 19.5 Å². The fraction of sp³-hybridized carbons (Fsp3) is 0.500. The van der Waals surface area contributed by atoms with Crippen LogP contribution in [-0.4, -0.2) is 40.7 Å². The second-order valence-electron chi connectivity index (χ2n) is 4.47. The molecular formula is C14H21NO5S. The van der Waals surface area contributed by atoms with Crippen molar-refractivity contribution in [1.82, 2.24) is 0 Å². The summed E-state index contributed by atoms with van der Waals surface area (Å²) in [6.45, 7) is 0.611. The highest BCUT2D eigenvalue weighted by Gasteiger charge is 2.15. The van der Waals surface area contributed by atoms with Crippen LogP contribution in [0, 0.1) is 0 Å². The summed E-state index contributed by atoms with van der Waals surface area (Å²) in [5.41, 5.74) is 1.02. The van der Waals surface area contributed by atoms with Gasteiger partial charge in [0.25, 0.3) is 10.1 Å². The topological polar surface area (TPSA) is 74.2 Å². The van der Waals surface area contributed by atoms with Crippen molar-refractivity contribution in [3.63, 3.8) is 0 Å². The van der Waals surface area contributed by atoms with Gasteiger partial charge in [-0.05, 0) is 18.4 Å². The van der Waals surface area contributed by atoms with Gasteiger partial charge in [-0.15, -0.1) is 0 Å². The Bertz CT molecular complexity index is 515. The second-order valence-corrected chi connectivity index (χ2v) is 6.07. The molecule has 0 spiro atoms. The molecule has 0 aliphatic carbocycles. The van der Waals surface area contributed by atoms with E-state index >= 15 is 0 Å². The fourth-order valence-corrected chi connectivity index (χ4v) is 2.32. The molecule has 7 heteroatoms. The first-order valence-corrected chi connectivity index (χ1v) is 8.38. The SMILES string of the molecule is CON=CCCC(COCc1ccccc1)OS(C)(=O)=O. The van der Waals surface area contributed by atoms with Crippen molar-refractivity contribution in [2.45, 2.75) is 25.6 Å². The van der Waals surface area contributed by atoms with E-state index in [0.29, 0.717) is 19.4 Å². The molecular weight excluding hydrogens is 294 g/mol. The molecule has 0 bridgehead atoms. The second kappa shape index (κ2) is 9.49. The van der Waals surface area contributed by atoms with Crippen molar-refractivity contribution in [3.05, 3.63) is 35.9 Å². The van der Waals surface area contributed by atoms with Gasteiger partial charge in [0.1, 0.15) is 13.2 Å². The van der Waals surface area contributed by atoms with Gasteiger partial charge < -0.3 is 9.57 Å². The van der Waals surface area contributed by atoms with Gasteiger partial charge in [0, 0.05) is 6.21 Å². The van der Waals surface area contributed by atoms with Gasteiger partial charge in [0.15, 0.2) is 0 Å². The average molecular weight is 315 g/mol. The summed E-state index contributed by atoms with van der Waals surface area (Å²) in [7, 11) is -2.07. The molecule has 1 rings (SSSR count). The van der Waals surface area contributed by atoms with Crippen molar-refractivity contribution in [2.24, 2.45) is 5.16 Å². The highest BCUT2D eigenvalue weighted by atomic mass is 32.2. The van der Waals surface area contributed by atoms with E-state index in [0.717, 1.165) is 11.8 Å². The maximum absolute atomic E-state index is 11.2. The summed E-state index contributed by atoms with van der Waals surface area (Å²) in [5, 5.41) is 3.60. The number of ether oxygens (including phenoxy) is 1. The maximum Gasteiger partial charge on any atom is 0.264 e. The molecule has 0 saturated carbocycles. The smallest absolute Gasteiger partial charge is 0.264 e. The number of rotatable bonds is 10. The van der Waals surface area contributed by atoms with Crippen LogP contribution in [0.3, 0.4) is 0 Å². The molecule has 1 aromatic rings. The van der Waals surface area contributed by atoms with Crippen LogP contribution in [0.1, 0.15) is 18.4 Å². The minimum Gasteiger partial charge on any atom is -0.399 e. The van der Waals surface area contributed by atoms with E-state index in [-0.39, 0.29) is 6.61 Å². The summed E-state index contributed by atoms with van der Waals surface area (Å²) in [6, 6.07) is 9.65. The van der Waals surface area contributed by atoms with Gasteiger partial charge >= 0.3 is 0 Å². The quantitative estimate of drug-likeness (QED) is 0.375. The maximum atomic E-state index is 11.2. The predicted molar refractivity (Wildman–Crippen MR) is 80.5 cm³/mol. The van der Waals surface area contributed by atoms with Gasteiger partial charge in [-0.1, -0.05) is 35.5 Å². The molecule has 0 heterocycles. The van der Waals surface area contributed by atoms with Crippen LogP contribution in [0.4, 0.5) is 0 Å². The number of nitrogens with zero attached hydrogens (tertiary/aromatic N) is 1. The Kier molecular flexibility index (Phi) is 7.96. The zero-order valence-corrected chi connectivity index (χ0v) is 13.1. The first-order valence-electron chi connectivity index (χ1n) is 6.56. The molecule has 0 radical (unpaired) electrons. The molecule has 0 saturated heterocycles. The Morgan fingerprint density at radius 3 is 2.62 bits per heavy atom. The van der Waals surface area contributed by atoms with E-state index in [1.807, 2.05) is 30.3 Å². The molecule has 0 aromatic heterocycles. The third-order valence-corrected chi connectivity index (χ3v) is 3.15. The van der Waals surface area contributed by atoms with Crippen LogP contribution >= 0.6 is 0 Å². The highest BCUT2D eigenvalue weighted by molar-refractivity contribution is 7.86. The van der Waals surface area contributed by atoms with Gasteiger partial charge in [-0.3, -0.25) is 4.18 Å². The number of hydrogen-bond acceptors (Lipinski definition) is 6. The fourth-order valence-electron chi connectivity index (χ4n) is 1.68. The third kappa shape index (κ3) is 9.17. The molecule has 0 fully saturated rings. The van der Waals surface area contributed by atoms with Gasteiger partial charge in [-0.2, -0.15) is 8.42 Å². The van der Waals surface area contributed by atoms with Crippen LogP contribution in [0.15, 0.2) is 35.5 Å². The van der Waals surface area contributed by atoms with Crippen molar-refractivity contribution >= 4 is 16.3 Å². The van der Waals surface area contributed by atoms with E-state index in [4.69, 9.17) is 8.92 Å². The summed E-state index contributed by atoms with van der Waals surface area (Å²) in [6.07, 6.45) is 3.08. The summed E-state index contributed by atoms with van der Waals surface area (Å²) < 4.78 is 33.0. The van der Waals surface area contributed by atoms with E-state index in [1.54, 1.807) is 6.21 Å².